The molecule has 2 amide bonds. The highest BCUT2D eigenvalue weighted by molar-refractivity contribution is 9.10. The van der Waals surface area contributed by atoms with Crippen molar-refractivity contribution in [3.05, 3.63) is 62.6 Å². The molecule has 0 bridgehead atoms. The van der Waals surface area contributed by atoms with E-state index in [1.807, 2.05) is 0 Å². The van der Waals surface area contributed by atoms with Gasteiger partial charge in [-0.05, 0) is 52.5 Å². The van der Waals surface area contributed by atoms with Gasteiger partial charge in [-0.1, -0.05) is 11.6 Å². The molecule has 0 saturated heterocycles. The summed E-state index contributed by atoms with van der Waals surface area (Å²) in [7, 11) is 3.47. The smallest absolute Gasteiger partial charge is 0.408 e. The molecule has 4 rings (SSSR count). The molecular formula is C20H19BrClFN6O3. The Balaban J connectivity index is 1.48. The van der Waals surface area contributed by atoms with Crippen LogP contribution in [0.1, 0.15) is 39.9 Å². The van der Waals surface area contributed by atoms with Crippen molar-refractivity contribution in [3.63, 3.8) is 0 Å². The molecule has 0 aliphatic heterocycles. The number of benzene rings is 1. The molecule has 12 heteroatoms. The Labute approximate surface area is 196 Å². The van der Waals surface area contributed by atoms with Gasteiger partial charge >= 0.3 is 6.09 Å². The first-order chi connectivity index (χ1) is 15.2. The Morgan fingerprint density at radius 1 is 1.38 bits per heavy atom. The fraction of sp³-hybridized carbons (Fsp3) is 0.300. The van der Waals surface area contributed by atoms with E-state index < -0.39 is 11.9 Å². The number of hydrogen-bond acceptors (Lipinski definition) is 5. The van der Waals surface area contributed by atoms with Crippen LogP contribution in [0.15, 0.2) is 29.1 Å². The number of aryl methyl sites for hydroxylation is 1. The third-order valence-corrected chi connectivity index (χ3v) is 6.41. The number of fused-ring (bicyclic) bond motifs is 1. The third-order valence-electron chi connectivity index (χ3n) is 5.16. The van der Waals surface area contributed by atoms with E-state index in [0.29, 0.717) is 34.7 Å². The van der Waals surface area contributed by atoms with Gasteiger partial charge in [0.15, 0.2) is 12.4 Å². The summed E-state index contributed by atoms with van der Waals surface area (Å²) >= 11 is 9.34. The normalized spacial score (nSPS) is 14.8. The maximum atomic E-state index is 13.4. The monoisotopic (exact) mass is 524 g/mol. The van der Waals surface area contributed by atoms with E-state index in [9.17, 15) is 14.0 Å². The van der Waals surface area contributed by atoms with Gasteiger partial charge in [-0.3, -0.25) is 9.48 Å². The number of nitrogens with one attached hydrogen (secondary N) is 2. The Hall–Kier alpha value is -2.92. The fourth-order valence-corrected chi connectivity index (χ4v) is 4.61. The predicted octanol–water partition coefficient (Wildman–Crippen LogP) is 3.87. The highest BCUT2D eigenvalue weighted by atomic mass is 79.9. The first kappa shape index (κ1) is 22.3. The van der Waals surface area contributed by atoms with E-state index in [1.54, 1.807) is 18.7 Å². The minimum atomic E-state index is -0.599. The van der Waals surface area contributed by atoms with E-state index in [1.165, 1.54) is 29.2 Å². The summed E-state index contributed by atoms with van der Waals surface area (Å²) in [4.78, 5) is 29.3. The van der Waals surface area contributed by atoms with Crippen LogP contribution in [-0.2, 0) is 31.9 Å². The molecule has 2 aromatic heterocycles. The molecular weight excluding hydrogens is 507 g/mol. The lowest BCUT2D eigenvalue weighted by atomic mass is 10.1. The van der Waals surface area contributed by atoms with Gasteiger partial charge in [0, 0.05) is 25.3 Å². The van der Waals surface area contributed by atoms with Gasteiger partial charge in [-0.25, -0.2) is 14.2 Å². The molecule has 1 aliphatic carbocycles. The molecule has 1 aliphatic rings. The lowest BCUT2D eigenvalue weighted by Gasteiger charge is -2.14. The number of rotatable bonds is 5. The summed E-state index contributed by atoms with van der Waals surface area (Å²) in [6.45, 7) is -0.0455. The second-order valence-corrected chi connectivity index (χ2v) is 8.48. The summed E-state index contributed by atoms with van der Waals surface area (Å²) in [5.41, 5.74) is 2.47. The first-order valence-electron chi connectivity index (χ1n) is 9.65. The average Bonchev–Trinajstić information content (AvgIpc) is 3.41. The van der Waals surface area contributed by atoms with Crippen molar-refractivity contribution in [2.75, 3.05) is 5.32 Å². The summed E-state index contributed by atoms with van der Waals surface area (Å²) in [6, 6.07) is 3.66. The number of anilines is 1. The Morgan fingerprint density at radius 3 is 2.84 bits per heavy atom. The molecule has 3 aromatic rings. The van der Waals surface area contributed by atoms with Gasteiger partial charge in [-0.15, -0.1) is 0 Å². The zero-order valence-corrected chi connectivity index (χ0v) is 19.5. The van der Waals surface area contributed by atoms with Crippen molar-refractivity contribution in [2.24, 2.45) is 14.1 Å². The fourth-order valence-electron chi connectivity index (χ4n) is 3.74. The first-order valence-corrected chi connectivity index (χ1v) is 10.8. The molecule has 2 N–H and O–H groups in total. The van der Waals surface area contributed by atoms with Gasteiger partial charge in [0.05, 0.1) is 15.7 Å². The Kier molecular flexibility index (Phi) is 6.20. The van der Waals surface area contributed by atoms with Crippen molar-refractivity contribution in [1.29, 1.82) is 0 Å². The van der Waals surface area contributed by atoms with Crippen molar-refractivity contribution in [1.82, 2.24) is 24.6 Å². The van der Waals surface area contributed by atoms with Crippen LogP contribution in [0.3, 0.4) is 0 Å². The molecule has 32 heavy (non-hydrogen) atoms. The SMILES string of the molecule is Cn1cnc(COC(=O)N[C@H]2CCc3c2c(Br)n(C)c3C(=O)Nc2ccc(F)c(Cl)c2)n1. The van der Waals surface area contributed by atoms with E-state index in [0.717, 1.165) is 11.1 Å². The van der Waals surface area contributed by atoms with Crippen LogP contribution in [0, 0.1) is 5.82 Å². The van der Waals surface area contributed by atoms with Gasteiger partial charge in [-0.2, -0.15) is 5.10 Å². The Morgan fingerprint density at radius 2 is 2.16 bits per heavy atom. The lowest BCUT2D eigenvalue weighted by molar-refractivity contribution is 0.101. The molecule has 0 saturated carbocycles. The van der Waals surface area contributed by atoms with E-state index in [-0.39, 0.29) is 23.6 Å². The number of alkyl carbamates (subject to hydrolysis) is 1. The maximum absolute atomic E-state index is 13.4. The van der Waals surface area contributed by atoms with Crippen LogP contribution in [0.25, 0.3) is 0 Å². The number of nitrogens with zero attached hydrogens (tertiary/aromatic N) is 4. The van der Waals surface area contributed by atoms with Crippen LogP contribution in [0.4, 0.5) is 14.9 Å². The van der Waals surface area contributed by atoms with Gasteiger partial charge in [0.25, 0.3) is 5.91 Å². The van der Waals surface area contributed by atoms with Crippen LogP contribution in [0.2, 0.25) is 5.02 Å². The molecule has 9 nitrogen and oxygen atoms in total. The van der Waals surface area contributed by atoms with E-state index in [2.05, 4.69) is 36.6 Å². The molecule has 0 fully saturated rings. The predicted molar refractivity (Wildman–Crippen MR) is 118 cm³/mol. The third kappa shape index (κ3) is 4.35. The van der Waals surface area contributed by atoms with Crippen LogP contribution in [-0.4, -0.2) is 31.3 Å². The number of amides is 2. The zero-order chi connectivity index (χ0) is 23.0. The number of halogens is 3. The van der Waals surface area contributed by atoms with Crippen LogP contribution >= 0.6 is 27.5 Å². The van der Waals surface area contributed by atoms with Gasteiger partial charge < -0.3 is 19.9 Å². The van der Waals surface area contributed by atoms with Crippen molar-refractivity contribution >= 4 is 45.2 Å². The number of carbonyl (C=O) groups is 2. The van der Waals surface area contributed by atoms with Gasteiger partial charge in [0.2, 0.25) is 0 Å². The topological polar surface area (TPSA) is 103 Å². The van der Waals surface area contributed by atoms with E-state index in [4.69, 9.17) is 16.3 Å². The summed E-state index contributed by atoms with van der Waals surface area (Å²) in [5, 5.41) is 9.57. The van der Waals surface area contributed by atoms with Crippen molar-refractivity contribution in [3.8, 4) is 0 Å². The number of hydrogen-bond donors (Lipinski definition) is 2. The van der Waals surface area contributed by atoms with Crippen LogP contribution < -0.4 is 10.6 Å². The van der Waals surface area contributed by atoms with Crippen molar-refractivity contribution in [2.45, 2.75) is 25.5 Å². The largest absolute Gasteiger partial charge is 0.441 e. The Bertz CT molecular complexity index is 1210. The number of ether oxygens (including phenoxy) is 1. The minimum Gasteiger partial charge on any atom is -0.441 e. The molecule has 0 radical (unpaired) electrons. The summed E-state index contributed by atoms with van der Waals surface area (Å²) in [6.07, 6.45) is 2.13. The molecule has 0 spiro atoms. The average molecular weight is 526 g/mol. The quantitative estimate of drug-likeness (QED) is 0.526. The lowest BCUT2D eigenvalue weighted by Crippen LogP contribution is -2.28. The second-order valence-electron chi connectivity index (χ2n) is 7.32. The zero-order valence-electron chi connectivity index (χ0n) is 17.2. The van der Waals surface area contributed by atoms with Crippen molar-refractivity contribution < 1.29 is 18.7 Å². The molecule has 2 heterocycles. The highest BCUT2D eigenvalue weighted by Gasteiger charge is 2.34. The maximum Gasteiger partial charge on any atom is 0.408 e. The van der Waals surface area contributed by atoms with Crippen LogP contribution in [0.5, 0.6) is 0 Å². The standard InChI is InChI=1S/C20H19BrClFN6O3/c1-28-9-24-15(27-28)8-32-20(31)26-14-6-4-11-16(14)18(21)29(2)17(11)19(30)25-10-3-5-13(23)12(22)7-10/h3,5,7,9,14H,4,6,8H2,1-2H3,(H,25,30)(H,26,31)/t14-/m0/s1. The molecule has 0 unspecified atom stereocenters. The van der Waals surface area contributed by atoms with E-state index >= 15 is 0 Å². The van der Waals surface area contributed by atoms with Gasteiger partial charge in [0.1, 0.15) is 17.8 Å². The minimum absolute atomic E-state index is 0.0455. The molecule has 168 valence electrons. The summed E-state index contributed by atoms with van der Waals surface area (Å²) in [5.74, 6) is -0.524. The summed E-state index contributed by atoms with van der Waals surface area (Å²) < 4.78 is 22.5. The molecule has 1 aromatic carbocycles. The number of aromatic nitrogens is 4. The number of carbonyl (C=O) groups excluding carboxylic acids is 2. The highest BCUT2D eigenvalue weighted by Crippen LogP contribution is 2.40. The second kappa shape index (κ2) is 8.91. The molecule has 1 atom stereocenters.